The Hall–Kier alpha value is -3.48. The molecular formula is C28H32N2O4. The molecule has 4 N–H and O–H groups in total. The van der Waals surface area contributed by atoms with Crippen LogP contribution in [0.15, 0.2) is 84.9 Å². The van der Waals surface area contributed by atoms with Crippen LogP contribution in [0, 0.1) is 5.92 Å². The molecule has 0 radical (unpaired) electrons. The lowest BCUT2D eigenvalue weighted by Crippen LogP contribution is -2.43. The summed E-state index contributed by atoms with van der Waals surface area (Å²) in [6.07, 6.45) is 2.36. The van der Waals surface area contributed by atoms with Gasteiger partial charge < -0.3 is 10.4 Å². The Bertz CT molecular complexity index is 1020. The Balaban J connectivity index is 1.56. The summed E-state index contributed by atoms with van der Waals surface area (Å²) in [5, 5.41) is 21.6. The van der Waals surface area contributed by atoms with Crippen molar-refractivity contribution in [3.63, 3.8) is 0 Å². The highest BCUT2D eigenvalue weighted by Crippen LogP contribution is 2.21. The van der Waals surface area contributed by atoms with Crippen molar-refractivity contribution in [3.8, 4) is 11.1 Å². The first-order chi connectivity index (χ1) is 16.6. The molecule has 0 bridgehead atoms. The molecule has 3 rings (SSSR count). The van der Waals surface area contributed by atoms with Crippen LogP contribution in [0.1, 0.15) is 30.4 Å². The maximum atomic E-state index is 12.9. The van der Waals surface area contributed by atoms with Crippen LogP contribution in [-0.4, -0.2) is 34.8 Å². The third-order valence-corrected chi connectivity index (χ3v) is 5.90. The average molecular weight is 461 g/mol. The van der Waals surface area contributed by atoms with Gasteiger partial charge >= 0.3 is 0 Å². The molecule has 3 aromatic rings. The maximum absolute atomic E-state index is 12.9. The lowest BCUT2D eigenvalue weighted by Gasteiger charge is -2.21. The summed E-state index contributed by atoms with van der Waals surface area (Å²) in [6.45, 7) is -0.201. The van der Waals surface area contributed by atoms with Crippen molar-refractivity contribution in [3.05, 3.63) is 96.1 Å². The molecule has 0 spiro atoms. The first kappa shape index (κ1) is 25.1. The Morgan fingerprint density at radius 1 is 0.794 bits per heavy atom. The van der Waals surface area contributed by atoms with E-state index in [-0.39, 0.29) is 18.9 Å². The predicted octanol–water partition coefficient (Wildman–Crippen LogP) is 3.91. The maximum Gasteiger partial charge on any atom is 0.244 e. The Kier molecular flexibility index (Phi) is 9.82. The fourth-order valence-corrected chi connectivity index (χ4v) is 4.02. The summed E-state index contributed by atoms with van der Waals surface area (Å²) < 4.78 is 0. The lowest BCUT2D eigenvalue weighted by atomic mass is 9.94. The first-order valence-electron chi connectivity index (χ1n) is 11.6. The fraction of sp³-hybridized carbons (Fsp3) is 0.286. The van der Waals surface area contributed by atoms with Crippen LogP contribution in [0.3, 0.4) is 0 Å². The highest BCUT2D eigenvalue weighted by atomic mass is 16.5. The van der Waals surface area contributed by atoms with Gasteiger partial charge in [0.25, 0.3) is 0 Å². The Morgan fingerprint density at radius 3 is 2.03 bits per heavy atom. The predicted molar refractivity (Wildman–Crippen MR) is 132 cm³/mol. The summed E-state index contributed by atoms with van der Waals surface area (Å²) >= 11 is 0. The molecule has 2 unspecified atom stereocenters. The average Bonchev–Trinajstić information content (AvgIpc) is 2.89. The van der Waals surface area contributed by atoms with Gasteiger partial charge in [0.05, 0.1) is 12.6 Å². The minimum atomic E-state index is -0.601. The van der Waals surface area contributed by atoms with E-state index in [0.717, 1.165) is 28.7 Å². The number of rotatable bonds is 12. The molecule has 6 heteroatoms. The third-order valence-electron chi connectivity index (χ3n) is 5.90. The number of carbonyl (C=O) groups is 2. The van der Waals surface area contributed by atoms with Crippen molar-refractivity contribution >= 4 is 11.8 Å². The lowest BCUT2D eigenvalue weighted by molar-refractivity contribution is -0.135. The highest BCUT2D eigenvalue weighted by Gasteiger charge is 2.24. The van der Waals surface area contributed by atoms with Crippen LogP contribution in [0.4, 0.5) is 0 Å². The van der Waals surface area contributed by atoms with Crippen molar-refractivity contribution in [1.29, 1.82) is 0 Å². The zero-order valence-corrected chi connectivity index (χ0v) is 19.2. The Morgan fingerprint density at radius 2 is 1.41 bits per heavy atom. The number of hydroxylamine groups is 1. The van der Waals surface area contributed by atoms with Gasteiger partial charge in [-0.3, -0.25) is 14.8 Å². The molecule has 2 amide bonds. The number of amides is 2. The molecule has 178 valence electrons. The van der Waals surface area contributed by atoms with Crippen LogP contribution < -0.4 is 10.8 Å². The Labute approximate surface area is 200 Å². The van der Waals surface area contributed by atoms with E-state index in [1.54, 1.807) is 5.48 Å². The SMILES string of the molecule is O=C(CC(CCCc1ccc(-c2ccccc2)cc1)C(=O)NC(CO)Cc1ccccc1)NO. The minimum absolute atomic E-state index is 0.112. The highest BCUT2D eigenvalue weighted by molar-refractivity contribution is 5.85. The smallest absolute Gasteiger partial charge is 0.244 e. The van der Waals surface area contributed by atoms with Gasteiger partial charge in [-0.05, 0) is 47.9 Å². The van der Waals surface area contributed by atoms with Crippen molar-refractivity contribution in [2.75, 3.05) is 6.61 Å². The largest absolute Gasteiger partial charge is 0.394 e. The normalized spacial score (nSPS) is 12.5. The van der Waals surface area contributed by atoms with Crippen LogP contribution >= 0.6 is 0 Å². The van der Waals surface area contributed by atoms with E-state index in [2.05, 4.69) is 41.7 Å². The number of nitrogens with one attached hydrogen (secondary N) is 2. The molecule has 6 nitrogen and oxygen atoms in total. The molecule has 0 saturated heterocycles. The van der Waals surface area contributed by atoms with Crippen molar-refractivity contribution < 1.29 is 19.9 Å². The van der Waals surface area contributed by atoms with E-state index in [1.165, 1.54) is 0 Å². The molecule has 2 atom stereocenters. The van der Waals surface area contributed by atoms with Gasteiger partial charge in [-0.2, -0.15) is 0 Å². The molecule has 0 fully saturated rings. The number of aliphatic hydroxyl groups is 1. The van der Waals surface area contributed by atoms with Crippen LogP contribution in [0.25, 0.3) is 11.1 Å². The van der Waals surface area contributed by atoms with E-state index in [1.807, 2.05) is 48.5 Å². The summed E-state index contributed by atoms with van der Waals surface area (Å²) in [5.41, 5.74) is 6.09. The third kappa shape index (κ3) is 7.83. The van der Waals surface area contributed by atoms with Gasteiger partial charge in [-0.1, -0.05) is 84.9 Å². The van der Waals surface area contributed by atoms with Crippen LogP contribution in [0.5, 0.6) is 0 Å². The molecule has 0 saturated carbocycles. The molecule has 3 aromatic carbocycles. The fourth-order valence-electron chi connectivity index (χ4n) is 4.02. The minimum Gasteiger partial charge on any atom is -0.394 e. The molecule has 0 aliphatic rings. The van der Waals surface area contributed by atoms with Crippen molar-refractivity contribution in [2.45, 2.75) is 38.1 Å². The molecule has 0 aliphatic heterocycles. The number of aliphatic hydroxyl groups excluding tert-OH is 1. The second-order valence-electron chi connectivity index (χ2n) is 8.47. The molecule has 0 aromatic heterocycles. The number of carbonyl (C=O) groups excluding carboxylic acids is 2. The monoisotopic (exact) mass is 460 g/mol. The van der Waals surface area contributed by atoms with Crippen molar-refractivity contribution in [1.82, 2.24) is 10.8 Å². The summed E-state index contributed by atoms with van der Waals surface area (Å²) in [6, 6.07) is 27.7. The quantitative estimate of drug-likeness (QED) is 0.243. The molecule has 0 heterocycles. The van der Waals surface area contributed by atoms with E-state index >= 15 is 0 Å². The van der Waals surface area contributed by atoms with Gasteiger partial charge in [0.15, 0.2) is 0 Å². The van der Waals surface area contributed by atoms with E-state index in [0.29, 0.717) is 19.3 Å². The van der Waals surface area contributed by atoms with Crippen LogP contribution in [0.2, 0.25) is 0 Å². The zero-order valence-electron chi connectivity index (χ0n) is 19.2. The van der Waals surface area contributed by atoms with Gasteiger partial charge in [-0.25, -0.2) is 5.48 Å². The van der Waals surface area contributed by atoms with Gasteiger partial charge in [0.2, 0.25) is 11.8 Å². The van der Waals surface area contributed by atoms with Gasteiger partial charge in [-0.15, -0.1) is 0 Å². The van der Waals surface area contributed by atoms with E-state index in [9.17, 15) is 14.7 Å². The number of aryl methyl sites for hydroxylation is 1. The summed E-state index contributed by atoms with van der Waals surface area (Å²) in [5.74, 6) is -1.49. The molecule has 0 aliphatic carbocycles. The molecular weight excluding hydrogens is 428 g/mol. The standard InChI is InChI=1S/C28H32N2O4/c31-20-26(18-22-8-3-1-4-9-22)29-28(33)25(19-27(32)30-34)13-7-10-21-14-16-24(17-15-21)23-11-5-2-6-12-23/h1-6,8-9,11-12,14-17,25-26,31,34H,7,10,13,18-20H2,(H,29,33)(H,30,32). The number of benzene rings is 3. The number of hydrogen-bond acceptors (Lipinski definition) is 4. The van der Waals surface area contributed by atoms with E-state index < -0.39 is 17.9 Å². The summed E-state index contributed by atoms with van der Waals surface area (Å²) in [7, 11) is 0. The zero-order chi connectivity index (χ0) is 24.2. The second kappa shape index (κ2) is 13.3. The summed E-state index contributed by atoms with van der Waals surface area (Å²) in [4.78, 5) is 24.7. The van der Waals surface area contributed by atoms with E-state index in [4.69, 9.17) is 5.21 Å². The van der Waals surface area contributed by atoms with Gasteiger partial charge in [0, 0.05) is 12.3 Å². The first-order valence-corrected chi connectivity index (χ1v) is 11.6. The number of hydrogen-bond donors (Lipinski definition) is 4. The second-order valence-corrected chi connectivity index (χ2v) is 8.47. The van der Waals surface area contributed by atoms with Gasteiger partial charge in [0.1, 0.15) is 0 Å². The van der Waals surface area contributed by atoms with Crippen molar-refractivity contribution in [2.24, 2.45) is 5.92 Å². The molecule has 34 heavy (non-hydrogen) atoms. The van der Waals surface area contributed by atoms with Crippen LogP contribution in [-0.2, 0) is 22.4 Å². The topological polar surface area (TPSA) is 98.7 Å².